The molecule has 1 aliphatic heterocycles. The van der Waals surface area contributed by atoms with Gasteiger partial charge >= 0.3 is 0 Å². The minimum atomic E-state index is -0.404. The SMILES string of the molecule is N#Cc1ccc([N+](=O)[O-])c(N2CCNCC2)c1. The van der Waals surface area contributed by atoms with Gasteiger partial charge in [0.25, 0.3) is 5.69 Å². The normalized spacial score (nSPS) is 15.4. The highest BCUT2D eigenvalue weighted by atomic mass is 16.6. The molecule has 0 spiro atoms. The molecule has 17 heavy (non-hydrogen) atoms. The van der Waals surface area contributed by atoms with Crippen molar-refractivity contribution in [2.45, 2.75) is 0 Å². The van der Waals surface area contributed by atoms with Gasteiger partial charge in [-0.05, 0) is 12.1 Å². The highest BCUT2D eigenvalue weighted by Gasteiger charge is 2.21. The van der Waals surface area contributed by atoms with Gasteiger partial charge in [0.2, 0.25) is 0 Å². The molecule has 1 aliphatic rings. The third-order valence-corrected chi connectivity index (χ3v) is 2.76. The van der Waals surface area contributed by atoms with Gasteiger partial charge in [-0.2, -0.15) is 5.26 Å². The van der Waals surface area contributed by atoms with Gasteiger partial charge in [0.15, 0.2) is 0 Å². The lowest BCUT2D eigenvalue weighted by molar-refractivity contribution is -0.384. The Morgan fingerprint density at radius 2 is 2.12 bits per heavy atom. The average Bonchev–Trinajstić information content (AvgIpc) is 2.39. The first kappa shape index (κ1) is 11.4. The van der Waals surface area contributed by atoms with E-state index >= 15 is 0 Å². The topological polar surface area (TPSA) is 82.2 Å². The minimum absolute atomic E-state index is 0.0610. The van der Waals surface area contributed by atoms with Crippen LogP contribution in [-0.4, -0.2) is 31.1 Å². The summed E-state index contributed by atoms with van der Waals surface area (Å²) in [6.07, 6.45) is 0. The summed E-state index contributed by atoms with van der Waals surface area (Å²) in [5, 5.41) is 23.0. The van der Waals surface area contributed by atoms with Crippen molar-refractivity contribution in [3.05, 3.63) is 33.9 Å². The van der Waals surface area contributed by atoms with Crippen molar-refractivity contribution in [1.29, 1.82) is 5.26 Å². The molecule has 1 fully saturated rings. The summed E-state index contributed by atoms with van der Waals surface area (Å²) < 4.78 is 0. The Hall–Kier alpha value is -2.13. The van der Waals surface area contributed by atoms with Gasteiger partial charge in [0.1, 0.15) is 5.69 Å². The van der Waals surface area contributed by atoms with Crippen LogP contribution in [0.1, 0.15) is 5.56 Å². The molecule has 0 aromatic heterocycles. The van der Waals surface area contributed by atoms with E-state index in [0.717, 1.165) is 26.2 Å². The highest BCUT2D eigenvalue weighted by molar-refractivity contribution is 5.66. The number of nitriles is 1. The van der Waals surface area contributed by atoms with Crippen molar-refractivity contribution in [2.75, 3.05) is 31.1 Å². The second-order valence-corrected chi connectivity index (χ2v) is 3.81. The molecule has 0 saturated carbocycles. The molecule has 0 amide bonds. The van der Waals surface area contributed by atoms with Gasteiger partial charge in [-0.25, -0.2) is 0 Å². The van der Waals surface area contributed by atoms with Crippen LogP contribution in [0.3, 0.4) is 0 Å². The van der Waals surface area contributed by atoms with Gasteiger partial charge < -0.3 is 10.2 Å². The van der Waals surface area contributed by atoms with Crippen LogP contribution in [0.15, 0.2) is 18.2 Å². The number of hydrogen-bond acceptors (Lipinski definition) is 5. The fraction of sp³-hybridized carbons (Fsp3) is 0.364. The zero-order chi connectivity index (χ0) is 12.3. The van der Waals surface area contributed by atoms with E-state index in [9.17, 15) is 10.1 Å². The highest BCUT2D eigenvalue weighted by Crippen LogP contribution is 2.29. The third-order valence-electron chi connectivity index (χ3n) is 2.76. The van der Waals surface area contributed by atoms with Crippen molar-refractivity contribution in [3.8, 4) is 6.07 Å². The number of nitrogens with one attached hydrogen (secondary N) is 1. The minimum Gasteiger partial charge on any atom is -0.363 e. The molecular formula is C11H12N4O2. The van der Waals surface area contributed by atoms with Gasteiger partial charge in [-0.1, -0.05) is 0 Å². The number of nitrogens with zero attached hydrogens (tertiary/aromatic N) is 3. The third kappa shape index (κ3) is 2.34. The fourth-order valence-corrected chi connectivity index (χ4v) is 1.91. The van der Waals surface area contributed by atoms with E-state index in [4.69, 9.17) is 5.26 Å². The number of hydrogen-bond donors (Lipinski definition) is 1. The Morgan fingerprint density at radius 3 is 2.71 bits per heavy atom. The molecule has 0 bridgehead atoms. The van der Waals surface area contributed by atoms with Crippen LogP contribution in [0.4, 0.5) is 11.4 Å². The van der Waals surface area contributed by atoms with Crippen LogP contribution in [0.5, 0.6) is 0 Å². The maximum atomic E-state index is 10.9. The molecule has 1 aromatic carbocycles. The van der Waals surface area contributed by atoms with Crippen molar-refractivity contribution in [2.24, 2.45) is 0 Å². The number of nitro benzene ring substituents is 1. The predicted molar refractivity (Wildman–Crippen MR) is 62.9 cm³/mol. The molecule has 0 atom stereocenters. The van der Waals surface area contributed by atoms with Crippen LogP contribution in [0, 0.1) is 21.4 Å². The molecule has 1 saturated heterocycles. The Kier molecular flexibility index (Phi) is 3.21. The Labute approximate surface area is 98.6 Å². The van der Waals surface area contributed by atoms with Gasteiger partial charge in [-0.15, -0.1) is 0 Å². The van der Waals surface area contributed by atoms with E-state index in [1.807, 2.05) is 11.0 Å². The molecule has 0 unspecified atom stereocenters. The molecule has 6 nitrogen and oxygen atoms in total. The van der Waals surface area contributed by atoms with Crippen molar-refractivity contribution in [1.82, 2.24) is 5.32 Å². The monoisotopic (exact) mass is 232 g/mol. The van der Waals surface area contributed by atoms with Crippen LogP contribution < -0.4 is 10.2 Å². The molecule has 88 valence electrons. The first-order valence-corrected chi connectivity index (χ1v) is 5.36. The number of nitro groups is 1. The van der Waals surface area contributed by atoms with Crippen LogP contribution >= 0.6 is 0 Å². The maximum Gasteiger partial charge on any atom is 0.292 e. The van der Waals surface area contributed by atoms with E-state index in [1.165, 1.54) is 12.1 Å². The number of rotatable bonds is 2. The lowest BCUT2D eigenvalue weighted by Gasteiger charge is -2.29. The summed E-state index contributed by atoms with van der Waals surface area (Å²) in [6.45, 7) is 3.04. The predicted octanol–water partition coefficient (Wildman–Crippen LogP) is 0.876. The van der Waals surface area contributed by atoms with Gasteiger partial charge in [-0.3, -0.25) is 10.1 Å². The van der Waals surface area contributed by atoms with Gasteiger partial charge in [0.05, 0.1) is 16.6 Å². The Bertz CT molecular complexity index is 475. The molecule has 0 aliphatic carbocycles. The lowest BCUT2D eigenvalue weighted by Crippen LogP contribution is -2.43. The smallest absolute Gasteiger partial charge is 0.292 e. The summed E-state index contributed by atoms with van der Waals surface area (Å²) in [4.78, 5) is 12.5. The molecule has 1 aromatic rings. The lowest BCUT2D eigenvalue weighted by atomic mass is 10.1. The second kappa shape index (κ2) is 4.80. The van der Waals surface area contributed by atoms with Crippen LogP contribution in [-0.2, 0) is 0 Å². The van der Waals surface area contributed by atoms with Gasteiger partial charge in [0, 0.05) is 32.2 Å². The van der Waals surface area contributed by atoms with Crippen molar-refractivity contribution in [3.63, 3.8) is 0 Å². The Balaban J connectivity index is 2.41. The van der Waals surface area contributed by atoms with Crippen molar-refractivity contribution >= 4 is 11.4 Å². The first-order valence-electron chi connectivity index (χ1n) is 5.36. The summed E-state index contributed by atoms with van der Waals surface area (Å²) >= 11 is 0. The molecule has 1 N–H and O–H groups in total. The van der Waals surface area contributed by atoms with E-state index in [1.54, 1.807) is 6.07 Å². The summed E-state index contributed by atoms with van der Waals surface area (Å²) in [5.41, 5.74) is 1.05. The molecule has 6 heteroatoms. The number of benzene rings is 1. The maximum absolute atomic E-state index is 10.9. The average molecular weight is 232 g/mol. The van der Waals surface area contributed by atoms with Crippen LogP contribution in [0.25, 0.3) is 0 Å². The van der Waals surface area contributed by atoms with E-state index in [0.29, 0.717) is 11.3 Å². The van der Waals surface area contributed by atoms with E-state index in [-0.39, 0.29) is 5.69 Å². The largest absolute Gasteiger partial charge is 0.363 e. The van der Waals surface area contributed by atoms with Crippen molar-refractivity contribution < 1.29 is 4.92 Å². The first-order chi connectivity index (χ1) is 8.22. The quantitative estimate of drug-likeness (QED) is 0.604. The Morgan fingerprint density at radius 1 is 1.41 bits per heavy atom. The molecular weight excluding hydrogens is 220 g/mol. The molecule has 0 radical (unpaired) electrons. The zero-order valence-corrected chi connectivity index (χ0v) is 9.22. The fourth-order valence-electron chi connectivity index (χ4n) is 1.91. The molecule has 1 heterocycles. The second-order valence-electron chi connectivity index (χ2n) is 3.81. The van der Waals surface area contributed by atoms with E-state index in [2.05, 4.69) is 5.32 Å². The summed E-state index contributed by atoms with van der Waals surface area (Å²) in [7, 11) is 0. The zero-order valence-electron chi connectivity index (χ0n) is 9.22. The summed E-state index contributed by atoms with van der Waals surface area (Å²) in [5.74, 6) is 0. The van der Waals surface area contributed by atoms with E-state index < -0.39 is 4.92 Å². The standard InChI is InChI=1S/C11H12N4O2/c12-8-9-1-2-10(15(16)17)11(7-9)14-5-3-13-4-6-14/h1-2,7,13H,3-6H2. The molecule has 2 rings (SSSR count). The van der Waals surface area contributed by atoms with Crippen LogP contribution in [0.2, 0.25) is 0 Å². The number of piperazine rings is 1. The number of anilines is 1. The summed E-state index contributed by atoms with van der Waals surface area (Å²) in [6, 6.07) is 6.47.